The third-order valence-corrected chi connectivity index (χ3v) is 4.41. The molecule has 0 fully saturated rings. The van der Waals surface area contributed by atoms with Crippen LogP contribution in [0.25, 0.3) is 0 Å². The van der Waals surface area contributed by atoms with Gasteiger partial charge in [-0.3, -0.25) is 14.4 Å². The van der Waals surface area contributed by atoms with E-state index in [1.54, 1.807) is 67.6 Å². The van der Waals surface area contributed by atoms with E-state index < -0.39 is 22.7 Å². The smallest absolute Gasteiger partial charge is 0.262 e. The van der Waals surface area contributed by atoms with Gasteiger partial charge < -0.3 is 9.84 Å². The van der Waals surface area contributed by atoms with Crippen LogP contribution in [0.5, 0.6) is 11.5 Å². The van der Waals surface area contributed by atoms with E-state index in [1.807, 2.05) is 0 Å². The van der Waals surface area contributed by atoms with Crippen molar-refractivity contribution in [3.8, 4) is 11.5 Å². The van der Waals surface area contributed by atoms with Crippen molar-refractivity contribution in [1.82, 2.24) is 0 Å². The van der Waals surface area contributed by atoms with Gasteiger partial charge in [0.15, 0.2) is 23.1 Å². The van der Waals surface area contributed by atoms with Crippen LogP contribution in [0.15, 0.2) is 71.5 Å². The Bertz CT molecular complexity index is 1100. The van der Waals surface area contributed by atoms with E-state index in [9.17, 15) is 19.5 Å². The van der Waals surface area contributed by atoms with E-state index in [2.05, 4.69) is 0 Å². The van der Waals surface area contributed by atoms with Crippen LogP contribution in [0, 0.1) is 6.92 Å². The lowest BCUT2D eigenvalue weighted by Crippen LogP contribution is -2.14. The van der Waals surface area contributed by atoms with E-state index in [1.165, 1.54) is 13.2 Å². The Balaban J connectivity index is 2.39. The first-order chi connectivity index (χ1) is 13.5. The summed E-state index contributed by atoms with van der Waals surface area (Å²) in [5.74, 6) is -2.04. The fourth-order valence-corrected chi connectivity index (χ4v) is 3.01. The molecule has 0 atom stereocenters. The fraction of sp³-hybridized carbons (Fsp3) is 0.0870. The lowest BCUT2D eigenvalue weighted by atomic mass is 9.92. The maximum absolute atomic E-state index is 13.2. The first kappa shape index (κ1) is 19.0. The second kappa shape index (κ2) is 7.88. The predicted molar refractivity (Wildman–Crippen MR) is 105 cm³/mol. The highest BCUT2D eigenvalue weighted by atomic mass is 16.5. The monoisotopic (exact) mass is 374 g/mol. The maximum atomic E-state index is 13.2. The number of benzene rings is 2. The molecule has 28 heavy (non-hydrogen) atoms. The topological polar surface area (TPSA) is 80.7 Å². The van der Waals surface area contributed by atoms with Crippen LogP contribution in [-0.4, -0.2) is 23.8 Å². The number of carbonyl (C=O) groups excluding carboxylic acids is 2. The Morgan fingerprint density at radius 3 is 1.75 bits per heavy atom. The van der Waals surface area contributed by atoms with Gasteiger partial charge in [-0.15, -0.1) is 0 Å². The summed E-state index contributed by atoms with van der Waals surface area (Å²) in [4.78, 5) is 39.0. The molecule has 0 amide bonds. The molecule has 3 aromatic rings. The average Bonchev–Trinajstić information content (AvgIpc) is 2.83. The molecule has 0 aromatic heterocycles. The van der Waals surface area contributed by atoms with Gasteiger partial charge in [0.2, 0.25) is 0 Å². The largest absolute Gasteiger partial charge is 0.503 e. The minimum Gasteiger partial charge on any atom is -0.503 e. The number of ketones is 2. The maximum Gasteiger partial charge on any atom is 0.262 e. The number of carbonyl (C=O) groups is 2. The molecular weight excluding hydrogens is 356 g/mol. The zero-order chi connectivity index (χ0) is 20.3. The quantitative estimate of drug-likeness (QED) is 0.691. The van der Waals surface area contributed by atoms with Gasteiger partial charge in [-0.1, -0.05) is 60.7 Å². The number of aromatic hydroxyl groups is 1. The van der Waals surface area contributed by atoms with E-state index >= 15 is 0 Å². The van der Waals surface area contributed by atoms with Crippen LogP contribution in [-0.2, 0) is 0 Å². The molecular formula is C23H18O5. The SMILES string of the molecule is COc1cc(C)c(C(=O)c2ccccc2)c(C(=O)c2ccccc2)c(O)c1=O. The van der Waals surface area contributed by atoms with Crippen LogP contribution in [0.2, 0.25) is 0 Å². The molecule has 5 heteroatoms. The predicted octanol–water partition coefficient (Wildman–Crippen LogP) is 3.53. The molecule has 3 rings (SSSR count). The fourth-order valence-electron chi connectivity index (χ4n) is 3.01. The minimum atomic E-state index is -0.850. The van der Waals surface area contributed by atoms with E-state index in [0.29, 0.717) is 11.1 Å². The molecule has 1 N–H and O–H groups in total. The number of aryl methyl sites for hydroxylation is 1. The molecule has 0 aliphatic heterocycles. The number of rotatable bonds is 5. The van der Waals surface area contributed by atoms with Gasteiger partial charge in [-0.2, -0.15) is 0 Å². The number of hydrogen-bond donors (Lipinski definition) is 1. The summed E-state index contributed by atoms with van der Waals surface area (Å²) in [5, 5.41) is 10.6. The van der Waals surface area contributed by atoms with Crippen molar-refractivity contribution in [2.24, 2.45) is 0 Å². The molecule has 0 aliphatic carbocycles. The van der Waals surface area contributed by atoms with Gasteiger partial charge >= 0.3 is 0 Å². The highest BCUT2D eigenvalue weighted by Gasteiger charge is 2.27. The molecule has 140 valence electrons. The third-order valence-electron chi connectivity index (χ3n) is 4.41. The molecule has 0 heterocycles. The number of hydrogen-bond acceptors (Lipinski definition) is 5. The standard InChI is InChI=1S/C23H18O5/c1-14-13-17(28-2)22(26)23(27)19(21(25)16-11-7-4-8-12-16)18(14)20(24)15-9-5-3-6-10-15/h3-13H,1-2H3,(H,26,27). The molecule has 0 saturated carbocycles. The molecule has 0 unspecified atom stereocenters. The summed E-state index contributed by atoms with van der Waals surface area (Å²) in [5.41, 5.74) is -0.267. The Kier molecular flexibility index (Phi) is 5.36. The van der Waals surface area contributed by atoms with Crippen molar-refractivity contribution < 1.29 is 19.4 Å². The van der Waals surface area contributed by atoms with Crippen molar-refractivity contribution in [2.45, 2.75) is 6.92 Å². The van der Waals surface area contributed by atoms with Crippen molar-refractivity contribution in [2.75, 3.05) is 7.11 Å². The molecule has 0 saturated heterocycles. The van der Waals surface area contributed by atoms with Crippen molar-refractivity contribution in [3.63, 3.8) is 0 Å². The second-order valence-electron chi connectivity index (χ2n) is 6.21. The van der Waals surface area contributed by atoms with Crippen molar-refractivity contribution in [1.29, 1.82) is 0 Å². The van der Waals surface area contributed by atoms with Gasteiger partial charge in [0, 0.05) is 16.7 Å². The minimum absolute atomic E-state index is 0.0297. The van der Waals surface area contributed by atoms with Gasteiger partial charge in [-0.05, 0) is 18.6 Å². The average molecular weight is 374 g/mol. The Labute approximate surface area is 161 Å². The highest BCUT2D eigenvalue weighted by molar-refractivity contribution is 6.21. The third kappa shape index (κ3) is 3.42. The lowest BCUT2D eigenvalue weighted by Gasteiger charge is -2.09. The van der Waals surface area contributed by atoms with Crippen molar-refractivity contribution >= 4 is 11.6 Å². The summed E-state index contributed by atoms with van der Waals surface area (Å²) in [6, 6.07) is 17.9. The summed E-state index contributed by atoms with van der Waals surface area (Å²) < 4.78 is 5.05. The van der Waals surface area contributed by atoms with Crippen LogP contribution in [0.1, 0.15) is 37.4 Å². The van der Waals surface area contributed by atoms with E-state index in [-0.39, 0.29) is 22.4 Å². The number of methoxy groups -OCH3 is 1. The molecule has 0 radical (unpaired) electrons. The Hall–Kier alpha value is -3.73. The number of ether oxygens (including phenoxy) is 1. The first-order valence-electron chi connectivity index (χ1n) is 8.60. The van der Waals surface area contributed by atoms with Crippen LogP contribution >= 0.6 is 0 Å². The Morgan fingerprint density at radius 2 is 1.29 bits per heavy atom. The molecule has 5 nitrogen and oxygen atoms in total. The van der Waals surface area contributed by atoms with Crippen LogP contribution in [0.4, 0.5) is 0 Å². The normalized spacial score (nSPS) is 10.4. The van der Waals surface area contributed by atoms with Gasteiger partial charge in [0.25, 0.3) is 5.43 Å². The first-order valence-corrected chi connectivity index (χ1v) is 8.60. The highest BCUT2D eigenvalue weighted by Crippen LogP contribution is 2.28. The lowest BCUT2D eigenvalue weighted by molar-refractivity contribution is 0.100. The van der Waals surface area contributed by atoms with Crippen molar-refractivity contribution in [3.05, 3.63) is 105 Å². The van der Waals surface area contributed by atoms with Crippen LogP contribution < -0.4 is 10.2 Å². The molecule has 0 spiro atoms. The summed E-state index contributed by atoms with van der Waals surface area (Å²) in [6.45, 7) is 1.60. The Morgan fingerprint density at radius 1 is 0.821 bits per heavy atom. The summed E-state index contributed by atoms with van der Waals surface area (Å²) >= 11 is 0. The van der Waals surface area contributed by atoms with Gasteiger partial charge in [0.05, 0.1) is 12.7 Å². The molecule has 3 aromatic carbocycles. The zero-order valence-electron chi connectivity index (χ0n) is 15.4. The summed E-state index contributed by atoms with van der Waals surface area (Å²) in [6.07, 6.45) is 0. The van der Waals surface area contributed by atoms with Crippen LogP contribution in [0.3, 0.4) is 0 Å². The van der Waals surface area contributed by atoms with E-state index in [4.69, 9.17) is 4.74 Å². The molecule has 0 aliphatic rings. The second-order valence-corrected chi connectivity index (χ2v) is 6.21. The summed E-state index contributed by atoms with van der Waals surface area (Å²) in [7, 11) is 1.28. The molecule has 0 bridgehead atoms. The van der Waals surface area contributed by atoms with Gasteiger partial charge in [0.1, 0.15) is 0 Å². The zero-order valence-corrected chi connectivity index (χ0v) is 15.4. The van der Waals surface area contributed by atoms with Gasteiger partial charge in [-0.25, -0.2) is 0 Å². The van der Waals surface area contributed by atoms with E-state index in [0.717, 1.165) is 0 Å².